The van der Waals surface area contributed by atoms with Crippen LogP contribution in [0.25, 0.3) is 0 Å². The lowest BCUT2D eigenvalue weighted by Gasteiger charge is -2.14. The molecular formula is C16H17NOS. The molecular weight excluding hydrogens is 254 g/mol. The zero-order valence-electron chi connectivity index (χ0n) is 10.9. The Bertz CT molecular complexity index is 597. The zero-order valence-corrected chi connectivity index (χ0v) is 11.7. The van der Waals surface area contributed by atoms with Gasteiger partial charge in [-0.15, -0.1) is 11.8 Å². The number of rotatable bonds is 3. The van der Waals surface area contributed by atoms with Crippen molar-refractivity contribution < 1.29 is 4.74 Å². The van der Waals surface area contributed by atoms with Crippen LogP contribution in [0.5, 0.6) is 5.75 Å². The van der Waals surface area contributed by atoms with Crippen LogP contribution < -0.4 is 10.5 Å². The third-order valence-corrected chi connectivity index (χ3v) is 4.69. The highest BCUT2D eigenvalue weighted by atomic mass is 32.2. The maximum atomic E-state index is 5.96. The number of ether oxygens (including phenoxy) is 1. The van der Waals surface area contributed by atoms with Gasteiger partial charge in [0.25, 0.3) is 0 Å². The third kappa shape index (κ3) is 2.56. The van der Waals surface area contributed by atoms with Crippen molar-refractivity contribution in [2.45, 2.75) is 17.7 Å². The normalized spacial score (nSPS) is 17.2. The summed E-state index contributed by atoms with van der Waals surface area (Å²) < 4.78 is 5.96. The van der Waals surface area contributed by atoms with E-state index in [1.165, 1.54) is 10.5 Å². The van der Waals surface area contributed by atoms with Crippen molar-refractivity contribution >= 4 is 17.4 Å². The minimum atomic E-state index is 0.484. The molecule has 3 rings (SSSR count). The SMILES string of the molecule is Cc1cc(N)ccc1OCC1CSc2ccccc21. The van der Waals surface area contributed by atoms with Crippen LogP contribution in [0.2, 0.25) is 0 Å². The molecule has 1 heterocycles. The maximum absolute atomic E-state index is 5.96. The van der Waals surface area contributed by atoms with Crippen LogP contribution in [0.1, 0.15) is 17.0 Å². The number of nitrogens with two attached hydrogens (primary N) is 1. The standard InChI is InChI=1S/C16H17NOS/c1-11-8-13(17)6-7-15(11)18-9-12-10-19-16-5-3-2-4-14(12)16/h2-8,12H,9-10,17H2,1H3. The predicted molar refractivity (Wildman–Crippen MR) is 81.0 cm³/mol. The molecule has 3 heteroatoms. The highest BCUT2D eigenvalue weighted by Gasteiger charge is 2.23. The smallest absolute Gasteiger partial charge is 0.122 e. The summed E-state index contributed by atoms with van der Waals surface area (Å²) in [6.07, 6.45) is 0. The van der Waals surface area contributed by atoms with E-state index in [-0.39, 0.29) is 0 Å². The van der Waals surface area contributed by atoms with Crippen molar-refractivity contribution in [3.05, 3.63) is 53.6 Å². The summed E-state index contributed by atoms with van der Waals surface area (Å²) in [4.78, 5) is 1.39. The highest BCUT2D eigenvalue weighted by molar-refractivity contribution is 7.99. The van der Waals surface area contributed by atoms with Crippen molar-refractivity contribution in [2.24, 2.45) is 0 Å². The first-order valence-corrected chi connectivity index (χ1v) is 7.43. The lowest BCUT2D eigenvalue weighted by atomic mass is 10.0. The van der Waals surface area contributed by atoms with Gasteiger partial charge in [-0.05, 0) is 42.3 Å². The van der Waals surface area contributed by atoms with Gasteiger partial charge >= 0.3 is 0 Å². The van der Waals surface area contributed by atoms with E-state index >= 15 is 0 Å². The van der Waals surface area contributed by atoms with Gasteiger partial charge in [0.15, 0.2) is 0 Å². The molecule has 0 saturated heterocycles. The second kappa shape index (κ2) is 5.17. The first-order valence-electron chi connectivity index (χ1n) is 6.44. The number of anilines is 1. The Morgan fingerprint density at radius 3 is 2.95 bits per heavy atom. The van der Waals surface area contributed by atoms with Crippen LogP contribution in [0.4, 0.5) is 5.69 Å². The topological polar surface area (TPSA) is 35.2 Å². The van der Waals surface area contributed by atoms with Crippen LogP contribution in [0.15, 0.2) is 47.4 Å². The van der Waals surface area contributed by atoms with E-state index in [1.807, 2.05) is 36.9 Å². The third-order valence-electron chi connectivity index (χ3n) is 3.44. The van der Waals surface area contributed by atoms with Gasteiger partial charge in [0.2, 0.25) is 0 Å². The minimum absolute atomic E-state index is 0.484. The molecule has 98 valence electrons. The zero-order chi connectivity index (χ0) is 13.2. The molecule has 0 aliphatic carbocycles. The summed E-state index contributed by atoms with van der Waals surface area (Å²) in [7, 11) is 0. The van der Waals surface area contributed by atoms with Crippen molar-refractivity contribution in [1.29, 1.82) is 0 Å². The second-order valence-corrected chi connectivity index (χ2v) is 5.94. The summed E-state index contributed by atoms with van der Waals surface area (Å²) in [5.74, 6) is 2.52. The van der Waals surface area contributed by atoms with Crippen molar-refractivity contribution in [3.8, 4) is 5.75 Å². The fourth-order valence-electron chi connectivity index (χ4n) is 2.39. The van der Waals surface area contributed by atoms with Gasteiger partial charge in [-0.2, -0.15) is 0 Å². The molecule has 19 heavy (non-hydrogen) atoms. The number of thioether (sulfide) groups is 1. The van der Waals surface area contributed by atoms with Crippen LogP contribution >= 0.6 is 11.8 Å². The van der Waals surface area contributed by atoms with Crippen molar-refractivity contribution in [1.82, 2.24) is 0 Å². The molecule has 0 saturated carbocycles. The lowest BCUT2D eigenvalue weighted by Crippen LogP contribution is -2.10. The second-order valence-electron chi connectivity index (χ2n) is 4.88. The summed E-state index contributed by atoms with van der Waals surface area (Å²) in [5.41, 5.74) is 9.05. The summed E-state index contributed by atoms with van der Waals surface area (Å²) in [5, 5.41) is 0. The molecule has 0 bridgehead atoms. The first-order chi connectivity index (χ1) is 9.24. The number of aryl methyl sites for hydroxylation is 1. The van der Waals surface area contributed by atoms with E-state index in [2.05, 4.69) is 24.3 Å². The van der Waals surface area contributed by atoms with Gasteiger partial charge in [0.05, 0.1) is 6.61 Å². The molecule has 2 aromatic carbocycles. The molecule has 1 unspecified atom stereocenters. The highest BCUT2D eigenvalue weighted by Crippen LogP contribution is 2.39. The molecule has 0 spiro atoms. The Balaban J connectivity index is 1.71. The average Bonchev–Trinajstić information content (AvgIpc) is 2.81. The number of benzene rings is 2. The van der Waals surface area contributed by atoms with Crippen molar-refractivity contribution in [3.63, 3.8) is 0 Å². The maximum Gasteiger partial charge on any atom is 0.122 e. The Kier molecular flexibility index (Phi) is 3.38. The van der Waals surface area contributed by atoms with Gasteiger partial charge in [0, 0.05) is 22.3 Å². The number of fused-ring (bicyclic) bond motifs is 1. The van der Waals surface area contributed by atoms with Gasteiger partial charge in [-0.1, -0.05) is 18.2 Å². The first kappa shape index (κ1) is 12.4. The molecule has 0 aromatic heterocycles. The Morgan fingerprint density at radius 1 is 1.26 bits per heavy atom. The average molecular weight is 271 g/mol. The molecule has 1 aliphatic rings. The molecule has 1 aliphatic heterocycles. The Morgan fingerprint density at radius 2 is 2.11 bits per heavy atom. The van der Waals surface area contributed by atoms with E-state index < -0.39 is 0 Å². The molecule has 0 radical (unpaired) electrons. The molecule has 2 nitrogen and oxygen atoms in total. The largest absolute Gasteiger partial charge is 0.493 e. The molecule has 2 aromatic rings. The number of nitrogen functional groups attached to an aromatic ring is 1. The number of hydrogen-bond donors (Lipinski definition) is 1. The fraction of sp³-hybridized carbons (Fsp3) is 0.250. The Labute approximate surface area is 118 Å². The van der Waals surface area contributed by atoms with Crippen LogP contribution in [-0.2, 0) is 0 Å². The van der Waals surface area contributed by atoms with Crippen molar-refractivity contribution in [2.75, 3.05) is 18.1 Å². The van der Waals surface area contributed by atoms with E-state index in [1.54, 1.807) is 0 Å². The quantitative estimate of drug-likeness (QED) is 0.861. The summed E-state index contributed by atoms with van der Waals surface area (Å²) in [6.45, 7) is 2.76. The minimum Gasteiger partial charge on any atom is -0.493 e. The van der Waals surface area contributed by atoms with Gasteiger partial charge in [0.1, 0.15) is 5.75 Å². The van der Waals surface area contributed by atoms with E-state index in [4.69, 9.17) is 10.5 Å². The monoisotopic (exact) mass is 271 g/mol. The molecule has 0 amide bonds. The molecule has 1 atom stereocenters. The van der Waals surface area contributed by atoms with Gasteiger partial charge < -0.3 is 10.5 Å². The predicted octanol–water partition coefficient (Wildman–Crippen LogP) is 3.85. The van der Waals surface area contributed by atoms with Crippen LogP contribution in [-0.4, -0.2) is 12.4 Å². The van der Waals surface area contributed by atoms with E-state index in [0.717, 1.165) is 29.4 Å². The molecule has 2 N–H and O–H groups in total. The van der Waals surface area contributed by atoms with Gasteiger partial charge in [-0.3, -0.25) is 0 Å². The summed E-state index contributed by atoms with van der Waals surface area (Å²) >= 11 is 1.92. The molecule has 0 fully saturated rings. The van der Waals surface area contributed by atoms with Crippen LogP contribution in [0.3, 0.4) is 0 Å². The van der Waals surface area contributed by atoms with E-state index in [0.29, 0.717) is 5.92 Å². The summed E-state index contributed by atoms with van der Waals surface area (Å²) in [6, 6.07) is 14.4. The fourth-order valence-corrected chi connectivity index (χ4v) is 3.62. The number of hydrogen-bond acceptors (Lipinski definition) is 3. The van der Waals surface area contributed by atoms with Crippen LogP contribution in [0, 0.1) is 6.92 Å². The van der Waals surface area contributed by atoms with E-state index in [9.17, 15) is 0 Å². The van der Waals surface area contributed by atoms with Gasteiger partial charge in [-0.25, -0.2) is 0 Å². The Hall–Kier alpha value is -1.61. The lowest BCUT2D eigenvalue weighted by molar-refractivity contribution is 0.296.